The van der Waals surface area contributed by atoms with E-state index in [1.807, 2.05) is 6.92 Å². The van der Waals surface area contributed by atoms with Crippen LogP contribution in [0.3, 0.4) is 0 Å². The minimum atomic E-state index is -0.433. The average Bonchev–Trinajstić information content (AvgIpc) is 2.47. The molecule has 2 aromatic rings. The summed E-state index contributed by atoms with van der Waals surface area (Å²) in [7, 11) is 0. The van der Waals surface area contributed by atoms with Gasteiger partial charge in [0.15, 0.2) is 5.82 Å². The summed E-state index contributed by atoms with van der Waals surface area (Å²) < 4.78 is 13.7. The molecule has 0 saturated heterocycles. The maximum atomic E-state index is 13.7. The maximum absolute atomic E-state index is 13.7. The molecule has 0 aliphatic rings. The Morgan fingerprint density at radius 1 is 1.38 bits per heavy atom. The number of nitrogen functional groups attached to an aromatic ring is 1. The van der Waals surface area contributed by atoms with Crippen molar-refractivity contribution in [2.24, 2.45) is 0 Å². The Hall–Kier alpha value is -2.50. The molecule has 0 atom stereocenters. The molecule has 21 heavy (non-hydrogen) atoms. The van der Waals surface area contributed by atoms with Crippen LogP contribution in [0.1, 0.15) is 30.1 Å². The largest absolute Gasteiger partial charge is 0.383 e. The van der Waals surface area contributed by atoms with E-state index in [0.29, 0.717) is 6.54 Å². The lowest BCUT2D eigenvalue weighted by atomic mass is 10.2. The molecule has 0 saturated carbocycles. The smallest absolute Gasteiger partial charge is 0.256 e. The Morgan fingerprint density at radius 3 is 2.81 bits per heavy atom. The van der Waals surface area contributed by atoms with Crippen molar-refractivity contribution in [1.29, 1.82) is 0 Å². The van der Waals surface area contributed by atoms with Gasteiger partial charge in [0.05, 0.1) is 11.1 Å². The van der Waals surface area contributed by atoms with Crippen molar-refractivity contribution in [3.8, 4) is 11.4 Å². The van der Waals surface area contributed by atoms with Crippen molar-refractivity contribution >= 4 is 11.7 Å². The second kappa shape index (κ2) is 6.78. The van der Waals surface area contributed by atoms with Crippen LogP contribution in [0.25, 0.3) is 11.4 Å². The van der Waals surface area contributed by atoms with Crippen LogP contribution in [-0.2, 0) is 0 Å². The number of amides is 1. The van der Waals surface area contributed by atoms with Crippen LogP contribution in [0.2, 0.25) is 0 Å². The first-order valence-electron chi connectivity index (χ1n) is 6.79. The number of carbonyl (C=O) groups excluding carboxylic acids is 1. The number of hydrogen-bond donors (Lipinski definition) is 2. The van der Waals surface area contributed by atoms with Gasteiger partial charge >= 0.3 is 0 Å². The van der Waals surface area contributed by atoms with Crippen LogP contribution < -0.4 is 11.1 Å². The summed E-state index contributed by atoms with van der Waals surface area (Å²) in [5.74, 6) is -0.550. The van der Waals surface area contributed by atoms with Crippen molar-refractivity contribution in [2.75, 3.05) is 12.3 Å². The molecule has 0 fully saturated rings. The summed E-state index contributed by atoms with van der Waals surface area (Å²) in [5, 5.41) is 2.74. The number of benzene rings is 1. The zero-order chi connectivity index (χ0) is 15.2. The number of anilines is 1. The lowest BCUT2D eigenvalue weighted by Gasteiger charge is -2.08. The van der Waals surface area contributed by atoms with E-state index in [0.717, 1.165) is 12.8 Å². The van der Waals surface area contributed by atoms with Gasteiger partial charge in [-0.15, -0.1) is 0 Å². The number of nitrogens with two attached hydrogens (primary N) is 1. The highest BCUT2D eigenvalue weighted by Crippen LogP contribution is 2.20. The minimum absolute atomic E-state index is 0.0391. The Bertz CT molecular complexity index is 645. The van der Waals surface area contributed by atoms with Crippen molar-refractivity contribution in [3.63, 3.8) is 0 Å². The number of nitrogens with one attached hydrogen (secondary N) is 1. The number of unbranched alkanes of at least 4 members (excludes halogenated alkanes) is 1. The molecule has 1 heterocycles. The van der Waals surface area contributed by atoms with Gasteiger partial charge in [0.2, 0.25) is 0 Å². The fourth-order valence-electron chi connectivity index (χ4n) is 1.82. The van der Waals surface area contributed by atoms with Gasteiger partial charge in [0, 0.05) is 12.7 Å². The maximum Gasteiger partial charge on any atom is 0.256 e. The molecule has 2 rings (SSSR count). The molecule has 110 valence electrons. The van der Waals surface area contributed by atoms with Crippen molar-refractivity contribution in [3.05, 3.63) is 41.8 Å². The Labute approximate surface area is 122 Å². The third kappa shape index (κ3) is 3.53. The average molecular weight is 288 g/mol. The standard InChI is InChI=1S/C15H17FN4O/c1-2-3-8-18-15(21)11-9-19-14(20-13(11)17)10-6-4-5-7-12(10)16/h4-7,9H,2-3,8H2,1H3,(H,18,21)(H2,17,19,20). The zero-order valence-electron chi connectivity index (χ0n) is 11.8. The molecule has 6 heteroatoms. The van der Waals surface area contributed by atoms with Gasteiger partial charge in [0.1, 0.15) is 11.6 Å². The molecule has 3 N–H and O–H groups in total. The SMILES string of the molecule is CCCCNC(=O)c1cnc(-c2ccccc2F)nc1N. The summed E-state index contributed by atoms with van der Waals surface area (Å²) in [6, 6.07) is 6.15. The minimum Gasteiger partial charge on any atom is -0.383 e. The first-order chi connectivity index (χ1) is 10.1. The first kappa shape index (κ1) is 14.9. The molecule has 1 aromatic heterocycles. The molecule has 1 aromatic carbocycles. The van der Waals surface area contributed by atoms with Crippen molar-refractivity contribution in [1.82, 2.24) is 15.3 Å². The van der Waals surface area contributed by atoms with E-state index in [2.05, 4.69) is 15.3 Å². The molecule has 0 aliphatic carbocycles. The van der Waals surface area contributed by atoms with Crippen LogP contribution in [-0.4, -0.2) is 22.4 Å². The van der Waals surface area contributed by atoms with Gasteiger partial charge in [-0.3, -0.25) is 4.79 Å². The van der Waals surface area contributed by atoms with E-state index >= 15 is 0 Å². The summed E-state index contributed by atoms with van der Waals surface area (Å²) in [6.07, 6.45) is 3.20. The van der Waals surface area contributed by atoms with Gasteiger partial charge < -0.3 is 11.1 Å². The highest BCUT2D eigenvalue weighted by Gasteiger charge is 2.14. The number of halogens is 1. The lowest BCUT2D eigenvalue weighted by Crippen LogP contribution is -2.25. The molecular weight excluding hydrogens is 271 g/mol. The molecule has 0 spiro atoms. The molecular formula is C15H17FN4O. The normalized spacial score (nSPS) is 10.4. The summed E-state index contributed by atoms with van der Waals surface area (Å²) in [6.45, 7) is 2.61. The van der Waals surface area contributed by atoms with E-state index in [4.69, 9.17) is 5.73 Å². The number of hydrogen-bond acceptors (Lipinski definition) is 4. The van der Waals surface area contributed by atoms with Gasteiger partial charge in [-0.1, -0.05) is 25.5 Å². The summed E-state index contributed by atoms with van der Waals surface area (Å²) in [4.78, 5) is 20.0. The molecule has 0 unspecified atom stereocenters. The lowest BCUT2D eigenvalue weighted by molar-refractivity contribution is 0.0953. The van der Waals surface area contributed by atoms with Crippen LogP contribution in [0, 0.1) is 5.82 Å². The monoisotopic (exact) mass is 288 g/mol. The van der Waals surface area contributed by atoms with E-state index < -0.39 is 5.82 Å². The molecule has 0 bridgehead atoms. The van der Waals surface area contributed by atoms with Crippen molar-refractivity contribution < 1.29 is 9.18 Å². The van der Waals surface area contributed by atoms with Crippen LogP contribution in [0.5, 0.6) is 0 Å². The van der Waals surface area contributed by atoms with Gasteiger partial charge in [-0.25, -0.2) is 14.4 Å². The van der Waals surface area contributed by atoms with E-state index in [-0.39, 0.29) is 28.7 Å². The fourth-order valence-corrected chi connectivity index (χ4v) is 1.82. The van der Waals surface area contributed by atoms with E-state index in [9.17, 15) is 9.18 Å². The topological polar surface area (TPSA) is 80.9 Å². The Kier molecular flexibility index (Phi) is 4.81. The molecule has 1 amide bonds. The zero-order valence-corrected chi connectivity index (χ0v) is 11.8. The highest BCUT2D eigenvalue weighted by atomic mass is 19.1. The van der Waals surface area contributed by atoms with Crippen LogP contribution in [0.15, 0.2) is 30.5 Å². The Balaban J connectivity index is 2.22. The second-order valence-electron chi connectivity index (χ2n) is 4.58. The molecule has 0 radical (unpaired) electrons. The summed E-state index contributed by atoms with van der Waals surface area (Å²) in [5.41, 5.74) is 6.23. The van der Waals surface area contributed by atoms with Crippen LogP contribution >= 0.6 is 0 Å². The first-order valence-corrected chi connectivity index (χ1v) is 6.79. The Morgan fingerprint density at radius 2 is 2.14 bits per heavy atom. The van der Waals surface area contributed by atoms with Crippen LogP contribution in [0.4, 0.5) is 10.2 Å². The number of carbonyl (C=O) groups is 1. The molecule has 5 nitrogen and oxygen atoms in total. The number of nitrogens with zero attached hydrogens (tertiary/aromatic N) is 2. The summed E-state index contributed by atoms with van der Waals surface area (Å²) >= 11 is 0. The predicted molar refractivity (Wildman–Crippen MR) is 79.1 cm³/mol. The third-order valence-corrected chi connectivity index (χ3v) is 2.99. The number of rotatable bonds is 5. The number of aromatic nitrogens is 2. The van der Waals surface area contributed by atoms with Gasteiger partial charge in [-0.2, -0.15) is 0 Å². The van der Waals surface area contributed by atoms with Gasteiger partial charge in [-0.05, 0) is 18.6 Å². The van der Waals surface area contributed by atoms with E-state index in [1.165, 1.54) is 12.3 Å². The predicted octanol–water partition coefficient (Wildman–Crippen LogP) is 2.39. The van der Waals surface area contributed by atoms with Gasteiger partial charge in [0.25, 0.3) is 5.91 Å². The third-order valence-electron chi connectivity index (χ3n) is 2.99. The molecule has 0 aliphatic heterocycles. The quantitative estimate of drug-likeness (QED) is 0.828. The highest BCUT2D eigenvalue weighted by molar-refractivity contribution is 5.98. The van der Waals surface area contributed by atoms with Crippen molar-refractivity contribution in [2.45, 2.75) is 19.8 Å². The van der Waals surface area contributed by atoms with E-state index in [1.54, 1.807) is 18.2 Å². The fraction of sp³-hybridized carbons (Fsp3) is 0.267. The second-order valence-corrected chi connectivity index (χ2v) is 4.58.